The summed E-state index contributed by atoms with van der Waals surface area (Å²) in [5, 5.41) is 0. The van der Waals surface area contributed by atoms with E-state index >= 15 is 0 Å². The molecule has 78 valence electrons. The van der Waals surface area contributed by atoms with Crippen LogP contribution in [0.25, 0.3) is 0 Å². The SMILES string of the molecule is CCOC(=O)CCCCc1cnc[nH]1. The van der Waals surface area contributed by atoms with E-state index in [0.29, 0.717) is 13.0 Å². The van der Waals surface area contributed by atoms with E-state index in [4.69, 9.17) is 4.74 Å². The molecule has 0 atom stereocenters. The van der Waals surface area contributed by atoms with E-state index in [9.17, 15) is 4.79 Å². The molecule has 14 heavy (non-hydrogen) atoms. The molecule has 0 aliphatic rings. The minimum Gasteiger partial charge on any atom is -0.466 e. The largest absolute Gasteiger partial charge is 0.466 e. The number of carbonyl (C=O) groups is 1. The second kappa shape index (κ2) is 6.18. The van der Waals surface area contributed by atoms with Crippen molar-refractivity contribution < 1.29 is 9.53 Å². The molecule has 1 N–H and O–H groups in total. The third-order valence-corrected chi connectivity index (χ3v) is 1.94. The number of aryl methyl sites for hydroxylation is 1. The van der Waals surface area contributed by atoms with E-state index in [0.717, 1.165) is 25.0 Å². The molecule has 1 aromatic rings. The van der Waals surface area contributed by atoms with Gasteiger partial charge in [-0.1, -0.05) is 0 Å². The summed E-state index contributed by atoms with van der Waals surface area (Å²) in [7, 11) is 0. The van der Waals surface area contributed by atoms with Crippen LogP contribution >= 0.6 is 0 Å². The molecule has 0 unspecified atom stereocenters. The highest BCUT2D eigenvalue weighted by atomic mass is 16.5. The first kappa shape index (κ1) is 10.8. The highest BCUT2D eigenvalue weighted by Crippen LogP contribution is 2.03. The Balaban J connectivity index is 2.02. The van der Waals surface area contributed by atoms with Gasteiger partial charge in [0.2, 0.25) is 0 Å². The summed E-state index contributed by atoms with van der Waals surface area (Å²) in [6.07, 6.45) is 6.80. The summed E-state index contributed by atoms with van der Waals surface area (Å²) in [5.74, 6) is -0.0999. The van der Waals surface area contributed by atoms with Crippen LogP contribution in [-0.4, -0.2) is 22.5 Å². The lowest BCUT2D eigenvalue weighted by molar-refractivity contribution is -0.143. The number of hydrogen-bond acceptors (Lipinski definition) is 3. The van der Waals surface area contributed by atoms with Gasteiger partial charge in [0.15, 0.2) is 0 Å². The molecule has 4 nitrogen and oxygen atoms in total. The fourth-order valence-corrected chi connectivity index (χ4v) is 1.24. The summed E-state index contributed by atoms with van der Waals surface area (Å²) >= 11 is 0. The van der Waals surface area contributed by atoms with Gasteiger partial charge in [0.25, 0.3) is 0 Å². The molecule has 0 aliphatic carbocycles. The molecular formula is C10H16N2O2. The number of aromatic nitrogens is 2. The smallest absolute Gasteiger partial charge is 0.305 e. The Morgan fingerprint density at radius 3 is 3.07 bits per heavy atom. The van der Waals surface area contributed by atoms with Gasteiger partial charge in [-0.05, 0) is 26.2 Å². The van der Waals surface area contributed by atoms with Crippen LogP contribution in [0.5, 0.6) is 0 Å². The summed E-state index contributed by atoms with van der Waals surface area (Å²) in [6, 6.07) is 0. The van der Waals surface area contributed by atoms with E-state index < -0.39 is 0 Å². The summed E-state index contributed by atoms with van der Waals surface area (Å²) < 4.78 is 4.82. The van der Waals surface area contributed by atoms with Gasteiger partial charge in [-0.25, -0.2) is 4.98 Å². The number of unbranched alkanes of at least 4 members (excludes halogenated alkanes) is 1. The third kappa shape index (κ3) is 4.07. The Hall–Kier alpha value is -1.32. The van der Waals surface area contributed by atoms with Gasteiger partial charge >= 0.3 is 5.97 Å². The number of rotatable bonds is 6. The summed E-state index contributed by atoms with van der Waals surface area (Å²) in [5.41, 5.74) is 1.12. The van der Waals surface area contributed by atoms with Gasteiger partial charge < -0.3 is 9.72 Å². The van der Waals surface area contributed by atoms with E-state index in [1.165, 1.54) is 0 Å². The topological polar surface area (TPSA) is 55.0 Å². The molecule has 1 aromatic heterocycles. The monoisotopic (exact) mass is 196 g/mol. The van der Waals surface area contributed by atoms with Crippen molar-refractivity contribution in [3.8, 4) is 0 Å². The van der Waals surface area contributed by atoms with Crippen LogP contribution in [0.1, 0.15) is 31.9 Å². The molecule has 1 rings (SSSR count). The first-order valence-corrected chi connectivity index (χ1v) is 4.95. The standard InChI is InChI=1S/C10H16N2O2/c1-2-14-10(13)6-4-3-5-9-7-11-8-12-9/h7-8H,2-6H2,1H3,(H,11,12). The van der Waals surface area contributed by atoms with Crippen molar-refractivity contribution in [3.05, 3.63) is 18.2 Å². The second-order valence-corrected chi connectivity index (χ2v) is 3.09. The van der Waals surface area contributed by atoms with Crippen LogP contribution in [0.4, 0.5) is 0 Å². The summed E-state index contributed by atoms with van der Waals surface area (Å²) in [6.45, 7) is 2.29. The van der Waals surface area contributed by atoms with Crippen LogP contribution in [0.15, 0.2) is 12.5 Å². The molecular weight excluding hydrogens is 180 g/mol. The number of ether oxygens (including phenoxy) is 1. The number of H-pyrrole nitrogens is 1. The van der Waals surface area contributed by atoms with Crippen LogP contribution in [0, 0.1) is 0 Å². The first-order chi connectivity index (χ1) is 6.83. The average molecular weight is 196 g/mol. The fraction of sp³-hybridized carbons (Fsp3) is 0.600. The zero-order chi connectivity index (χ0) is 10.2. The van der Waals surface area contributed by atoms with E-state index in [1.807, 2.05) is 13.1 Å². The Morgan fingerprint density at radius 2 is 2.43 bits per heavy atom. The molecule has 0 aromatic carbocycles. The lowest BCUT2D eigenvalue weighted by Crippen LogP contribution is -2.03. The third-order valence-electron chi connectivity index (χ3n) is 1.94. The molecule has 1 heterocycles. The zero-order valence-electron chi connectivity index (χ0n) is 8.45. The lowest BCUT2D eigenvalue weighted by atomic mass is 10.1. The van der Waals surface area contributed by atoms with Gasteiger partial charge in [-0.3, -0.25) is 4.79 Å². The summed E-state index contributed by atoms with van der Waals surface area (Å²) in [4.78, 5) is 17.9. The maximum absolute atomic E-state index is 11.0. The van der Waals surface area contributed by atoms with Crippen molar-refractivity contribution in [3.63, 3.8) is 0 Å². The quantitative estimate of drug-likeness (QED) is 0.556. The van der Waals surface area contributed by atoms with Crippen molar-refractivity contribution in [1.29, 1.82) is 0 Å². The predicted octanol–water partition coefficient (Wildman–Crippen LogP) is 1.69. The van der Waals surface area contributed by atoms with Crippen molar-refractivity contribution in [2.75, 3.05) is 6.61 Å². The minimum atomic E-state index is -0.0999. The molecule has 0 radical (unpaired) electrons. The van der Waals surface area contributed by atoms with Gasteiger partial charge in [-0.15, -0.1) is 0 Å². The van der Waals surface area contributed by atoms with Crippen molar-refractivity contribution in [2.24, 2.45) is 0 Å². The van der Waals surface area contributed by atoms with Crippen molar-refractivity contribution in [2.45, 2.75) is 32.6 Å². The highest BCUT2D eigenvalue weighted by molar-refractivity contribution is 5.69. The molecule has 0 bridgehead atoms. The van der Waals surface area contributed by atoms with E-state index in [2.05, 4.69) is 9.97 Å². The van der Waals surface area contributed by atoms with Gasteiger partial charge in [0.05, 0.1) is 12.9 Å². The molecule has 0 saturated heterocycles. The fourth-order valence-electron chi connectivity index (χ4n) is 1.24. The Labute approximate surface area is 83.7 Å². The zero-order valence-corrected chi connectivity index (χ0v) is 8.45. The number of esters is 1. The molecule has 0 fully saturated rings. The number of nitrogens with zero attached hydrogens (tertiary/aromatic N) is 1. The average Bonchev–Trinajstić information content (AvgIpc) is 2.65. The maximum Gasteiger partial charge on any atom is 0.305 e. The second-order valence-electron chi connectivity index (χ2n) is 3.09. The Bertz CT molecular complexity index is 257. The van der Waals surface area contributed by atoms with E-state index in [1.54, 1.807) is 6.33 Å². The number of imidazole rings is 1. The normalized spacial score (nSPS) is 10.1. The van der Waals surface area contributed by atoms with E-state index in [-0.39, 0.29) is 5.97 Å². The van der Waals surface area contributed by atoms with Crippen molar-refractivity contribution in [1.82, 2.24) is 9.97 Å². The Morgan fingerprint density at radius 1 is 1.57 bits per heavy atom. The number of hydrogen-bond donors (Lipinski definition) is 1. The van der Waals surface area contributed by atoms with Crippen LogP contribution in [0.3, 0.4) is 0 Å². The maximum atomic E-state index is 11.0. The first-order valence-electron chi connectivity index (χ1n) is 4.95. The number of nitrogens with one attached hydrogen (secondary N) is 1. The highest BCUT2D eigenvalue weighted by Gasteiger charge is 2.01. The minimum absolute atomic E-state index is 0.0999. The van der Waals surface area contributed by atoms with Crippen LogP contribution in [-0.2, 0) is 16.0 Å². The number of aromatic amines is 1. The number of carbonyl (C=O) groups excluding carboxylic acids is 1. The van der Waals surface area contributed by atoms with Gasteiger partial charge in [0.1, 0.15) is 0 Å². The van der Waals surface area contributed by atoms with Gasteiger partial charge in [-0.2, -0.15) is 0 Å². The Kier molecular flexibility index (Phi) is 4.75. The van der Waals surface area contributed by atoms with Crippen LogP contribution < -0.4 is 0 Å². The molecule has 0 aliphatic heterocycles. The molecule has 4 heteroatoms. The van der Waals surface area contributed by atoms with Crippen LogP contribution in [0.2, 0.25) is 0 Å². The van der Waals surface area contributed by atoms with Gasteiger partial charge in [0, 0.05) is 18.3 Å². The molecule has 0 spiro atoms. The molecule has 0 amide bonds. The molecule has 0 saturated carbocycles. The predicted molar refractivity (Wildman–Crippen MR) is 52.8 cm³/mol. The van der Waals surface area contributed by atoms with Crippen molar-refractivity contribution >= 4 is 5.97 Å². The lowest BCUT2D eigenvalue weighted by Gasteiger charge is -2.00.